The number of benzene rings is 2. The molecule has 0 aromatic heterocycles. The molecule has 3 aliphatic rings. The van der Waals surface area contributed by atoms with Crippen LogP contribution in [0.4, 0.5) is 0 Å². The first-order chi connectivity index (χ1) is 19.0. The van der Waals surface area contributed by atoms with E-state index in [0.29, 0.717) is 24.7 Å². The smallest absolute Gasteiger partial charge is 0.261 e. The van der Waals surface area contributed by atoms with E-state index in [2.05, 4.69) is 108 Å². The molecule has 0 bridgehead atoms. The van der Waals surface area contributed by atoms with Crippen molar-refractivity contribution in [2.24, 2.45) is 22.7 Å². The molecule has 212 valence electrons. The van der Waals surface area contributed by atoms with Gasteiger partial charge in [0.2, 0.25) is 0 Å². The zero-order valence-corrected chi connectivity index (χ0v) is 26.3. The van der Waals surface area contributed by atoms with Gasteiger partial charge in [0, 0.05) is 17.3 Å². The molecule has 0 unspecified atom stereocenters. The fourth-order valence-corrected chi connectivity index (χ4v) is 12.6. The Hall–Kier alpha value is -2.56. The normalized spacial score (nSPS) is 27.2. The van der Waals surface area contributed by atoms with Crippen molar-refractivity contribution >= 4 is 30.8 Å². The Morgan fingerprint density at radius 3 is 2.10 bits per heavy atom. The van der Waals surface area contributed by atoms with Gasteiger partial charge in [0.15, 0.2) is 0 Å². The van der Waals surface area contributed by atoms with E-state index in [1.165, 1.54) is 27.8 Å². The van der Waals surface area contributed by atoms with Crippen LogP contribution in [0.3, 0.4) is 0 Å². The van der Waals surface area contributed by atoms with E-state index in [0.717, 1.165) is 37.7 Å². The molecule has 0 aliphatic heterocycles. The Bertz CT molecular complexity index is 1280. The van der Waals surface area contributed by atoms with Crippen LogP contribution in [-0.2, 0) is 14.0 Å². The highest BCUT2D eigenvalue weighted by molar-refractivity contribution is 6.99. The number of carbonyl (C=O) groups is 2. The van der Waals surface area contributed by atoms with Gasteiger partial charge in [-0.25, -0.2) is 0 Å². The molecule has 1 saturated carbocycles. The monoisotopic (exact) mass is 554 g/mol. The number of allylic oxidation sites excluding steroid dienone is 3. The molecular formula is C36H46O3Si. The third kappa shape index (κ3) is 4.61. The Kier molecular flexibility index (Phi) is 7.73. The second-order valence-electron chi connectivity index (χ2n) is 14.0. The van der Waals surface area contributed by atoms with Gasteiger partial charge >= 0.3 is 0 Å². The number of hydrogen-bond donors (Lipinski definition) is 0. The molecule has 40 heavy (non-hydrogen) atoms. The lowest BCUT2D eigenvalue weighted by Crippen LogP contribution is -2.66. The average molecular weight is 555 g/mol. The minimum atomic E-state index is -2.70. The zero-order chi connectivity index (χ0) is 28.8. The fraction of sp³-hybridized carbons (Fsp3) is 0.500. The number of fused-ring (bicyclic) bond motifs is 3. The largest absolute Gasteiger partial charge is 0.403 e. The van der Waals surface area contributed by atoms with Crippen LogP contribution in [0, 0.1) is 22.7 Å². The maximum atomic E-state index is 14.1. The second-order valence-corrected chi connectivity index (χ2v) is 18.3. The molecular weight excluding hydrogens is 508 g/mol. The molecule has 0 radical (unpaired) electrons. The van der Waals surface area contributed by atoms with Gasteiger partial charge in [0.1, 0.15) is 12.1 Å². The van der Waals surface area contributed by atoms with Gasteiger partial charge < -0.3 is 9.22 Å². The maximum absolute atomic E-state index is 14.1. The minimum absolute atomic E-state index is 0.101. The molecule has 0 N–H and O–H groups in total. The van der Waals surface area contributed by atoms with Crippen LogP contribution in [0.1, 0.15) is 80.1 Å². The molecule has 0 saturated heterocycles. The van der Waals surface area contributed by atoms with Crippen LogP contribution in [0.5, 0.6) is 0 Å². The summed E-state index contributed by atoms with van der Waals surface area (Å²) in [5.74, 6) is 0.818. The van der Waals surface area contributed by atoms with Gasteiger partial charge in [-0.15, -0.1) is 0 Å². The van der Waals surface area contributed by atoms with Crippen molar-refractivity contribution in [3.63, 3.8) is 0 Å². The molecule has 3 atom stereocenters. The summed E-state index contributed by atoms with van der Waals surface area (Å²) in [6.07, 6.45) is 8.26. The van der Waals surface area contributed by atoms with Crippen LogP contribution in [0.25, 0.3) is 0 Å². The summed E-state index contributed by atoms with van der Waals surface area (Å²) in [6.45, 7) is 14.0. The number of ketones is 1. The second kappa shape index (κ2) is 10.7. The predicted octanol–water partition coefficient (Wildman–Crippen LogP) is 7.20. The summed E-state index contributed by atoms with van der Waals surface area (Å²) < 4.78 is 7.23. The van der Waals surface area contributed by atoms with Gasteiger partial charge in [0.25, 0.3) is 8.32 Å². The number of hydrogen-bond acceptors (Lipinski definition) is 3. The highest BCUT2D eigenvalue weighted by Gasteiger charge is 2.56. The van der Waals surface area contributed by atoms with E-state index < -0.39 is 13.7 Å². The molecule has 3 nitrogen and oxygen atoms in total. The summed E-state index contributed by atoms with van der Waals surface area (Å²) in [7, 11) is -2.70. The van der Waals surface area contributed by atoms with E-state index in [1.54, 1.807) is 0 Å². The summed E-state index contributed by atoms with van der Waals surface area (Å²) in [5.41, 5.74) is 3.03. The predicted molar refractivity (Wildman–Crippen MR) is 166 cm³/mol. The van der Waals surface area contributed by atoms with Crippen molar-refractivity contribution in [1.82, 2.24) is 0 Å². The van der Waals surface area contributed by atoms with Crippen LogP contribution < -0.4 is 10.4 Å². The van der Waals surface area contributed by atoms with Crippen LogP contribution in [0.2, 0.25) is 5.04 Å². The summed E-state index contributed by atoms with van der Waals surface area (Å²) in [5, 5.41) is 2.39. The van der Waals surface area contributed by atoms with Crippen molar-refractivity contribution in [1.29, 1.82) is 0 Å². The standard InChI is InChI=1S/C36H46O3Si/c1-26(2)30-19-20-36(25-37)22-21-35(6)31(33(30)36)18-17-27(23-32(35)38)24-39-40(34(3,4)5,28-13-9-7-10-14-28)29-15-11-8-12-16-29/h7-17,25-26,31H,18-24H2,1-6H3/t31-,35-,36-/m1/s1. The number of aldehydes is 1. The van der Waals surface area contributed by atoms with E-state index in [9.17, 15) is 9.59 Å². The van der Waals surface area contributed by atoms with Crippen molar-refractivity contribution in [3.05, 3.63) is 83.5 Å². The average Bonchev–Trinajstić information content (AvgIpc) is 3.28. The van der Waals surface area contributed by atoms with E-state index in [1.807, 2.05) is 0 Å². The minimum Gasteiger partial charge on any atom is -0.403 e. The SMILES string of the molecule is CC(C)C1=C2[C@H]3CC=C(CO[Si](c4ccccc4)(c4ccccc4)C(C)(C)C)CC(=O)[C@]3(C)CC[C@@]2(C=O)CC1. The van der Waals surface area contributed by atoms with E-state index in [4.69, 9.17) is 4.43 Å². The first kappa shape index (κ1) is 28.9. The third-order valence-corrected chi connectivity index (χ3v) is 15.4. The van der Waals surface area contributed by atoms with Gasteiger partial charge in [-0.1, -0.05) is 119 Å². The van der Waals surface area contributed by atoms with Crippen LogP contribution in [0.15, 0.2) is 83.5 Å². The van der Waals surface area contributed by atoms with Crippen molar-refractivity contribution in [2.75, 3.05) is 6.61 Å². The first-order valence-electron chi connectivity index (χ1n) is 15.1. The van der Waals surface area contributed by atoms with E-state index >= 15 is 0 Å². The Morgan fingerprint density at radius 2 is 1.57 bits per heavy atom. The molecule has 4 heteroatoms. The van der Waals surface area contributed by atoms with E-state index in [-0.39, 0.29) is 16.4 Å². The maximum Gasteiger partial charge on any atom is 0.261 e. The highest BCUT2D eigenvalue weighted by Crippen LogP contribution is 2.61. The lowest BCUT2D eigenvalue weighted by Gasteiger charge is -2.48. The van der Waals surface area contributed by atoms with Gasteiger partial charge in [-0.2, -0.15) is 0 Å². The van der Waals surface area contributed by atoms with Crippen LogP contribution in [-0.4, -0.2) is 27.0 Å². The fourth-order valence-electron chi connectivity index (χ4n) is 8.08. The molecule has 2 aromatic rings. The number of rotatable bonds is 7. The molecule has 3 aliphatic carbocycles. The Morgan fingerprint density at radius 1 is 0.975 bits per heavy atom. The Balaban J connectivity index is 1.53. The Labute approximate surface area is 242 Å². The number of carbonyl (C=O) groups excluding carboxylic acids is 2. The number of Topliss-reactive ketones (excluding diaryl/α,β-unsaturated/α-hetero) is 1. The first-order valence-corrected chi connectivity index (χ1v) is 17.1. The van der Waals surface area contributed by atoms with Crippen molar-refractivity contribution in [3.8, 4) is 0 Å². The molecule has 2 aromatic carbocycles. The van der Waals surface area contributed by atoms with Crippen molar-refractivity contribution in [2.45, 2.75) is 85.1 Å². The quantitative estimate of drug-likeness (QED) is 0.206. The summed E-state index contributed by atoms with van der Waals surface area (Å²) in [6, 6.07) is 21.4. The summed E-state index contributed by atoms with van der Waals surface area (Å²) >= 11 is 0. The summed E-state index contributed by atoms with van der Waals surface area (Å²) in [4.78, 5) is 26.7. The highest BCUT2D eigenvalue weighted by atomic mass is 28.4. The third-order valence-electron chi connectivity index (χ3n) is 10.4. The molecule has 1 fully saturated rings. The lowest BCUT2D eigenvalue weighted by molar-refractivity contribution is -0.133. The van der Waals surface area contributed by atoms with Gasteiger partial charge in [-0.3, -0.25) is 4.79 Å². The van der Waals surface area contributed by atoms with Crippen LogP contribution >= 0.6 is 0 Å². The molecule has 0 amide bonds. The zero-order valence-electron chi connectivity index (χ0n) is 25.3. The molecule has 0 heterocycles. The van der Waals surface area contributed by atoms with Gasteiger partial charge in [0.05, 0.1) is 6.61 Å². The lowest BCUT2D eigenvalue weighted by atomic mass is 9.54. The topological polar surface area (TPSA) is 43.4 Å². The van der Waals surface area contributed by atoms with Gasteiger partial charge in [-0.05, 0) is 64.9 Å². The van der Waals surface area contributed by atoms with Crippen molar-refractivity contribution < 1.29 is 14.0 Å². The molecule has 0 spiro atoms. The molecule has 5 rings (SSSR count).